The van der Waals surface area contributed by atoms with Crippen LogP contribution in [0.15, 0.2) is 23.2 Å². The Bertz CT molecular complexity index is 515. The predicted molar refractivity (Wildman–Crippen MR) is 112 cm³/mol. The van der Waals surface area contributed by atoms with Crippen molar-refractivity contribution in [3.8, 4) is 0 Å². The number of aliphatic imine (C=N–C) groups is 1. The van der Waals surface area contributed by atoms with Crippen molar-refractivity contribution in [1.82, 2.24) is 15.6 Å². The average molecular weight is 449 g/mol. The summed E-state index contributed by atoms with van der Waals surface area (Å²) in [6.07, 6.45) is 2.59. The van der Waals surface area contributed by atoms with E-state index in [0.29, 0.717) is 11.3 Å². The topological polar surface area (TPSA) is 52.6 Å². The fourth-order valence-electron chi connectivity index (χ4n) is 2.46. The van der Waals surface area contributed by atoms with Gasteiger partial charge in [-0.15, -0.1) is 24.0 Å². The van der Waals surface area contributed by atoms with E-state index in [1.807, 2.05) is 44.2 Å². The summed E-state index contributed by atoms with van der Waals surface area (Å²) < 4.78 is 0.334. The molecule has 0 amide bonds. The first-order chi connectivity index (χ1) is 10.5. The van der Waals surface area contributed by atoms with Crippen molar-refractivity contribution in [2.75, 3.05) is 38.3 Å². The van der Waals surface area contributed by atoms with Crippen molar-refractivity contribution in [1.29, 1.82) is 0 Å². The summed E-state index contributed by atoms with van der Waals surface area (Å²) in [5.74, 6) is 3.08. The summed E-state index contributed by atoms with van der Waals surface area (Å²) in [5.41, 5.74) is 1.01. The second-order valence-electron chi connectivity index (χ2n) is 6.06. The number of nitrogens with zero attached hydrogens (tertiary/aromatic N) is 3. The molecule has 1 fully saturated rings. The fraction of sp³-hybridized carbons (Fsp3) is 0.625. The van der Waals surface area contributed by atoms with Gasteiger partial charge in [0, 0.05) is 32.4 Å². The zero-order valence-electron chi connectivity index (χ0n) is 14.4. The molecule has 2 heterocycles. The molecule has 1 aromatic heterocycles. The molecule has 1 unspecified atom stereocenters. The minimum absolute atomic E-state index is 0. The van der Waals surface area contributed by atoms with Crippen LogP contribution in [0.1, 0.15) is 25.5 Å². The Hall–Kier alpha value is -0.700. The molecule has 1 aliphatic rings. The van der Waals surface area contributed by atoms with E-state index in [-0.39, 0.29) is 24.0 Å². The second kappa shape index (κ2) is 9.56. The molecule has 0 aliphatic carbocycles. The minimum atomic E-state index is 0. The lowest BCUT2D eigenvalue weighted by atomic mass is 10.1. The summed E-state index contributed by atoms with van der Waals surface area (Å²) in [5, 5.41) is 6.78. The number of halogens is 1. The van der Waals surface area contributed by atoms with E-state index in [0.717, 1.165) is 24.0 Å². The third-order valence-corrected chi connectivity index (χ3v) is 5.38. The Morgan fingerprint density at radius 1 is 1.39 bits per heavy atom. The summed E-state index contributed by atoms with van der Waals surface area (Å²) in [6.45, 7) is 3.95. The average Bonchev–Trinajstić information content (AvgIpc) is 2.95. The van der Waals surface area contributed by atoms with Crippen molar-refractivity contribution in [2.24, 2.45) is 4.99 Å². The first kappa shape index (κ1) is 20.3. The molecule has 23 heavy (non-hydrogen) atoms. The highest BCUT2D eigenvalue weighted by Crippen LogP contribution is 2.36. The van der Waals surface area contributed by atoms with Crippen molar-refractivity contribution in [3.05, 3.63) is 23.9 Å². The van der Waals surface area contributed by atoms with Gasteiger partial charge in [0.15, 0.2) is 5.96 Å². The van der Waals surface area contributed by atoms with Crippen LogP contribution in [0.2, 0.25) is 0 Å². The van der Waals surface area contributed by atoms with E-state index in [9.17, 15) is 0 Å². The number of pyridine rings is 1. The van der Waals surface area contributed by atoms with E-state index >= 15 is 0 Å². The van der Waals surface area contributed by atoms with Crippen molar-refractivity contribution < 1.29 is 0 Å². The van der Waals surface area contributed by atoms with Crippen LogP contribution in [0.5, 0.6) is 0 Å². The highest BCUT2D eigenvalue weighted by atomic mass is 127. The molecule has 130 valence electrons. The number of rotatable bonds is 5. The lowest BCUT2D eigenvalue weighted by molar-refractivity contribution is 0.584. The van der Waals surface area contributed by atoms with E-state index in [2.05, 4.69) is 39.3 Å². The first-order valence-electron chi connectivity index (χ1n) is 7.74. The molecule has 0 bridgehead atoms. The van der Waals surface area contributed by atoms with Crippen LogP contribution in [0.4, 0.5) is 5.82 Å². The number of thioether (sulfide) groups is 1. The second-order valence-corrected chi connectivity index (χ2v) is 7.75. The highest BCUT2D eigenvalue weighted by Gasteiger charge is 2.29. The summed E-state index contributed by atoms with van der Waals surface area (Å²) in [6, 6.07) is 6.07. The first-order valence-corrected chi connectivity index (χ1v) is 8.73. The molecule has 1 saturated heterocycles. The Labute approximate surface area is 161 Å². The number of hydrogen-bond donors (Lipinski definition) is 2. The number of nitrogens with one attached hydrogen (secondary N) is 2. The SMILES string of the molecule is CN=C(NCc1cccc(N(C)C)n1)NCC1(C)CCCS1.I. The van der Waals surface area contributed by atoms with Crippen LogP contribution in [0.3, 0.4) is 0 Å². The summed E-state index contributed by atoms with van der Waals surface area (Å²) >= 11 is 2.05. The number of guanidine groups is 1. The van der Waals surface area contributed by atoms with Gasteiger partial charge in [0.2, 0.25) is 0 Å². The molecule has 7 heteroatoms. The maximum absolute atomic E-state index is 4.61. The molecule has 2 rings (SSSR count). The number of anilines is 1. The van der Waals surface area contributed by atoms with Gasteiger partial charge in [-0.1, -0.05) is 6.07 Å². The molecule has 5 nitrogen and oxygen atoms in total. The van der Waals surface area contributed by atoms with Crippen LogP contribution >= 0.6 is 35.7 Å². The smallest absolute Gasteiger partial charge is 0.191 e. The van der Waals surface area contributed by atoms with E-state index in [4.69, 9.17) is 0 Å². The van der Waals surface area contributed by atoms with E-state index in [1.165, 1.54) is 18.6 Å². The molecule has 1 atom stereocenters. The maximum atomic E-state index is 4.61. The molecule has 0 saturated carbocycles. The van der Waals surface area contributed by atoms with Gasteiger partial charge >= 0.3 is 0 Å². The molecular weight excluding hydrogens is 421 g/mol. The fourth-order valence-corrected chi connectivity index (χ4v) is 3.70. The van der Waals surface area contributed by atoms with E-state index < -0.39 is 0 Å². The normalized spacial score (nSPS) is 20.8. The summed E-state index contributed by atoms with van der Waals surface area (Å²) in [7, 11) is 5.81. The highest BCUT2D eigenvalue weighted by molar-refractivity contribution is 14.0. The molecule has 0 spiro atoms. The number of hydrogen-bond acceptors (Lipinski definition) is 4. The Morgan fingerprint density at radius 2 is 2.17 bits per heavy atom. The standard InChI is InChI=1S/C16H27N5S.HI/c1-16(9-6-10-22-16)12-19-15(17-2)18-11-13-7-5-8-14(20-13)21(3)4;/h5,7-8H,6,9-12H2,1-4H3,(H2,17,18,19);1H. The molecule has 2 N–H and O–H groups in total. The van der Waals surface area contributed by atoms with Crippen LogP contribution < -0.4 is 15.5 Å². The van der Waals surface area contributed by atoms with Crippen LogP contribution in [-0.2, 0) is 6.54 Å². The quantitative estimate of drug-likeness (QED) is 0.412. The van der Waals surface area contributed by atoms with Crippen molar-refractivity contribution in [3.63, 3.8) is 0 Å². The van der Waals surface area contributed by atoms with Gasteiger partial charge in [-0.2, -0.15) is 11.8 Å². The van der Waals surface area contributed by atoms with Gasteiger partial charge in [-0.05, 0) is 37.7 Å². The lowest BCUT2D eigenvalue weighted by Gasteiger charge is -2.24. The van der Waals surface area contributed by atoms with Gasteiger partial charge in [0.25, 0.3) is 0 Å². The van der Waals surface area contributed by atoms with Crippen LogP contribution in [0, 0.1) is 0 Å². The van der Waals surface area contributed by atoms with E-state index in [1.54, 1.807) is 0 Å². The Kier molecular flexibility index (Phi) is 8.46. The van der Waals surface area contributed by atoms with Gasteiger partial charge in [0.05, 0.1) is 12.2 Å². The Balaban J connectivity index is 0.00000264. The van der Waals surface area contributed by atoms with Gasteiger partial charge in [-0.3, -0.25) is 4.99 Å². The van der Waals surface area contributed by atoms with Crippen molar-refractivity contribution in [2.45, 2.75) is 31.1 Å². The molecule has 1 aromatic rings. The predicted octanol–water partition coefficient (Wildman–Crippen LogP) is 2.72. The minimum Gasteiger partial charge on any atom is -0.363 e. The van der Waals surface area contributed by atoms with Crippen molar-refractivity contribution >= 4 is 47.5 Å². The maximum Gasteiger partial charge on any atom is 0.191 e. The molecule has 1 aliphatic heterocycles. The van der Waals surface area contributed by atoms with Gasteiger partial charge in [-0.25, -0.2) is 4.98 Å². The van der Waals surface area contributed by atoms with Crippen LogP contribution in [-0.4, -0.2) is 49.1 Å². The monoisotopic (exact) mass is 449 g/mol. The third-order valence-electron chi connectivity index (χ3n) is 3.84. The van der Waals surface area contributed by atoms with Crippen LogP contribution in [0.25, 0.3) is 0 Å². The zero-order chi connectivity index (χ0) is 16.0. The largest absolute Gasteiger partial charge is 0.363 e. The number of aromatic nitrogens is 1. The lowest BCUT2D eigenvalue weighted by Crippen LogP contribution is -2.43. The zero-order valence-corrected chi connectivity index (χ0v) is 17.6. The third kappa shape index (κ3) is 6.37. The Morgan fingerprint density at radius 3 is 2.78 bits per heavy atom. The molecule has 0 radical (unpaired) electrons. The molecular formula is C16H28IN5S. The molecule has 0 aromatic carbocycles. The van der Waals surface area contributed by atoms with Gasteiger partial charge in [0.1, 0.15) is 5.82 Å². The van der Waals surface area contributed by atoms with Gasteiger partial charge < -0.3 is 15.5 Å². The summed E-state index contributed by atoms with van der Waals surface area (Å²) in [4.78, 5) is 10.9.